The van der Waals surface area contributed by atoms with Crippen LogP contribution in [0.1, 0.15) is 40.5 Å². The molecule has 0 aromatic heterocycles. The van der Waals surface area contributed by atoms with Gasteiger partial charge in [-0.3, -0.25) is 9.59 Å². The summed E-state index contributed by atoms with van der Waals surface area (Å²) < 4.78 is 16.8. The van der Waals surface area contributed by atoms with Crippen LogP contribution in [-0.2, 0) is 23.5 Å². The Kier molecular flexibility index (Phi) is 9.20. The number of allylic oxidation sites excluding steroid dienone is 1. The van der Waals surface area contributed by atoms with E-state index in [2.05, 4.69) is 26.1 Å². The Bertz CT molecular complexity index is 468. The van der Waals surface area contributed by atoms with E-state index in [1.165, 1.54) is 6.92 Å². The second kappa shape index (κ2) is 10.6. The van der Waals surface area contributed by atoms with E-state index in [1.807, 2.05) is 6.08 Å². The molecule has 0 aromatic rings. The first-order chi connectivity index (χ1) is 11.9. The number of amides is 1. The van der Waals surface area contributed by atoms with Gasteiger partial charge in [0.05, 0.1) is 24.3 Å². The minimum absolute atomic E-state index is 0.0701. The number of carbonyl (C=O) groups is 2. The number of rotatable bonds is 10. The van der Waals surface area contributed by atoms with Gasteiger partial charge in [-0.25, -0.2) is 0 Å². The lowest BCUT2D eigenvalue weighted by Gasteiger charge is -2.34. The average molecular weight is 372 g/mol. The molecular formula is C18H33NO5Si. The van der Waals surface area contributed by atoms with Crippen LogP contribution in [0.15, 0.2) is 11.8 Å². The lowest BCUT2D eigenvalue weighted by Crippen LogP contribution is -2.42. The van der Waals surface area contributed by atoms with Gasteiger partial charge in [0.25, 0.3) is 0 Å². The van der Waals surface area contributed by atoms with Gasteiger partial charge < -0.3 is 19.2 Å². The van der Waals surface area contributed by atoms with Crippen LogP contribution in [0.3, 0.4) is 0 Å². The van der Waals surface area contributed by atoms with Gasteiger partial charge in [0.1, 0.15) is 6.61 Å². The Morgan fingerprint density at radius 3 is 2.40 bits per heavy atom. The smallest absolute Gasteiger partial charge is 0.302 e. The fourth-order valence-electron chi connectivity index (χ4n) is 3.19. The fraction of sp³-hybridized carbons (Fsp3) is 0.778. The summed E-state index contributed by atoms with van der Waals surface area (Å²) in [6.45, 7) is 8.47. The van der Waals surface area contributed by atoms with E-state index >= 15 is 0 Å². The third-order valence-electron chi connectivity index (χ3n) is 5.04. The number of nitrogens with one attached hydrogen (secondary N) is 1. The van der Waals surface area contributed by atoms with E-state index in [0.29, 0.717) is 13.0 Å². The molecule has 0 heterocycles. The molecule has 1 amide bonds. The molecular weight excluding hydrogens is 338 g/mol. The van der Waals surface area contributed by atoms with Crippen LogP contribution in [0.2, 0.25) is 18.1 Å². The van der Waals surface area contributed by atoms with Crippen LogP contribution < -0.4 is 5.32 Å². The van der Waals surface area contributed by atoms with Crippen molar-refractivity contribution in [1.29, 1.82) is 0 Å². The van der Waals surface area contributed by atoms with E-state index in [-0.39, 0.29) is 30.5 Å². The molecule has 1 rings (SSSR count). The average Bonchev–Trinajstić information content (AvgIpc) is 2.62. The summed E-state index contributed by atoms with van der Waals surface area (Å²) in [5.74, 6) is 0.324. The Balaban J connectivity index is 2.65. The Morgan fingerprint density at radius 1 is 1.24 bits per heavy atom. The number of esters is 1. The molecule has 1 aliphatic carbocycles. The summed E-state index contributed by atoms with van der Waals surface area (Å²) in [6, 6.07) is 3.28. The Hall–Kier alpha value is -1.34. The maximum absolute atomic E-state index is 12.4. The van der Waals surface area contributed by atoms with Crippen molar-refractivity contribution in [2.75, 3.05) is 20.3 Å². The molecule has 0 unspecified atom stereocenters. The summed E-state index contributed by atoms with van der Waals surface area (Å²) in [7, 11) is -0.0875. The highest BCUT2D eigenvalue weighted by Gasteiger charge is 2.35. The molecule has 2 atom stereocenters. The van der Waals surface area contributed by atoms with Gasteiger partial charge in [-0.2, -0.15) is 0 Å². The van der Waals surface area contributed by atoms with Gasteiger partial charge in [-0.05, 0) is 30.6 Å². The molecule has 0 bridgehead atoms. The highest BCUT2D eigenvalue weighted by Crippen LogP contribution is 2.32. The second-order valence-electron chi connectivity index (χ2n) is 6.46. The third-order valence-corrected chi connectivity index (χ3v) is 9.61. The largest absolute Gasteiger partial charge is 0.547 e. The van der Waals surface area contributed by atoms with Crippen LogP contribution in [0.5, 0.6) is 0 Å². The highest BCUT2D eigenvalue weighted by molar-refractivity contribution is 6.73. The zero-order valence-corrected chi connectivity index (χ0v) is 17.2. The zero-order chi connectivity index (χ0) is 18.9. The topological polar surface area (TPSA) is 73.9 Å². The molecule has 25 heavy (non-hydrogen) atoms. The number of ether oxygens (including phenoxy) is 2. The quantitative estimate of drug-likeness (QED) is 0.363. The summed E-state index contributed by atoms with van der Waals surface area (Å²) in [6.07, 6.45) is 3.15. The van der Waals surface area contributed by atoms with Crippen molar-refractivity contribution >= 4 is 20.2 Å². The van der Waals surface area contributed by atoms with Gasteiger partial charge in [0.2, 0.25) is 14.2 Å². The van der Waals surface area contributed by atoms with E-state index in [9.17, 15) is 9.59 Å². The van der Waals surface area contributed by atoms with Gasteiger partial charge in [0.15, 0.2) is 0 Å². The summed E-state index contributed by atoms with van der Waals surface area (Å²) in [5.41, 5.74) is 0. The first kappa shape index (κ1) is 21.7. The number of carbonyl (C=O) groups excluding carboxylic acids is 2. The van der Waals surface area contributed by atoms with Crippen molar-refractivity contribution in [1.82, 2.24) is 5.32 Å². The summed E-state index contributed by atoms with van der Waals surface area (Å²) in [4.78, 5) is 23.1. The van der Waals surface area contributed by atoms with E-state index in [4.69, 9.17) is 13.9 Å². The van der Waals surface area contributed by atoms with Crippen molar-refractivity contribution in [2.24, 2.45) is 5.92 Å². The van der Waals surface area contributed by atoms with Crippen molar-refractivity contribution in [3.05, 3.63) is 11.8 Å². The Labute approximate surface area is 152 Å². The van der Waals surface area contributed by atoms with E-state index in [0.717, 1.165) is 30.3 Å². The van der Waals surface area contributed by atoms with Crippen LogP contribution in [0, 0.1) is 5.92 Å². The lowest BCUT2D eigenvalue weighted by atomic mass is 9.89. The number of methoxy groups -OCH3 is 1. The molecule has 0 fully saturated rings. The number of hydrogen-bond donors (Lipinski definition) is 1. The van der Waals surface area contributed by atoms with Gasteiger partial charge in [-0.1, -0.05) is 20.8 Å². The minimum Gasteiger partial charge on any atom is -0.547 e. The van der Waals surface area contributed by atoms with Crippen molar-refractivity contribution in [3.8, 4) is 0 Å². The minimum atomic E-state index is -1.71. The molecule has 6 nitrogen and oxygen atoms in total. The lowest BCUT2D eigenvalue weighted by molar-refractivity contribution is -0.141. The predicted molar refractivity (Wildman–Crippen MR) is 99.5 cm³/mol. The van der Waals surface area contributed by atoms with Crippen LogP contribution in [-0.4, -0.2) is 46.6 Å². The highest BCUT2D eigenvalue weighted by atomic mass is 28.4. The molecule has 0 aliphatic heterocycles. The molecule has 0 spiro atoms. The third kappa shape index (κ3) is 6.47. The SMILES string of the molecule is CC[Si](CC)(CC)OC1=C[C@H](OC)[C@@H](C(=O)NCCOC(C)=O)CC1. The normalized spacial score (nSPS) is 20.6. The molecule has 144 valence electrons. The molecule has 0 saturated heterocycles. The second-order valence-corrected chi connectivity index (χ2v) is 11.1. The van der Waals surface area contributed by atoms with Gasteiger partial charge in [0, 0.05) is 20.5 Å². The summed E-state index contributed by atoms with van der Waals surface area (Å²) >= 11 is 0. The van der Waals surface area contributed by atoms with Gasteiger partial charge in [-0.15, -0.1) is 0 Å². The van der Waals surface area contributed by atoms with Crippen LogP contribution in [0.4, 0.5) is 0 Å². The first-order valence-corrected chi connectivity index (χ1v) is 11.8. The van der Waals surface area contributed by atoms with Crippen LogP contribution >= 0.6 is 0 Å². The first-order valence-electron chi connectivity index (χ1n) is 9.24. The zero-order valence-electron chi connectivity index (χ0n) is 16.2. The Morgan fingerprint density at radius 2 is 1.88 bits per heavy atom. The molecule has 0 radical (unpaired) electrons. The molecule has 1 N–H and O–H groups in total. The van der Waals surface area contributed by atoms with Crippen molar-refractivity contribution in [2.45, 2.75) is 64.8 Å². The molecule has 1 aliphatic rings. The maximum atomic E-state index is 12.4. The van der Waals surface area contributed by atoms with Crippen molar-refractivity contribution in [3.63, 3.8) is 0 Å². The fourth-order valence-corrected chi connectivity index (χ4v) is 5.85. The van der Waals surface area contributed by atoms with Crippen molar-refractivity contribution < 1.29 is 23.5 Å². The van der Waals surface area contributed by atoms with Gasteiger partial charge >= 0.3 is 5.97 Å². The number of hydrogen-bond acceptors (Lipinski definition) is 5. The van der Waals surface area contributed by atoms with E-state index < -0.39 is 8.32 Å². The summed E-state index contributed by atoms with van der Waals surface area (Å²) in [5, 5.41) is 2.81. The monoisotopic (exact) mass is 371 g/mol. The molecule has 0 aromatic carbocycles. The van der Waals surface area contributed by atoms with Crippen LogP contribution in [0.25, 0.3) is 0 Å². The molecule has 7 heteroatoms. The maximum Gasteiger partial charge on any atom is 0.302 e. The predicted octanol–water partition coefficient (Wildman–Crippen LogP) is 3.00. The standard InChI is InChI=1S/C18H33NO5Si/c1-6-25(7-2,8-3)24-15-9-10-16(17(13-15)22-5)18(21)19-11-12-23-14(4)20/h13,16-17H,6-12H2,1-5H3,(H,19,21)/t16-,17-/m0/s1. The van der Waals surface area contributed by atoms with E-state index in [1.54, 1.807) is 7.11 Å². The molecule has 0 saturated carbocycles.